The van der Waals surface area contributed by atoms with Crippen molar-refractivity contribution in [3.05, 3.63) is 29.8 Å². The van der Waals surface area contributed by atoms with Crippen molar-refractivity contribution in [2.45, 2.75) is 17.4 Å². The van der Waals surface area contributed by atoms with Gasteiger partial charge in [-0.1, -0.05) is 0 Å². The molecule has 5 heteroatoms. The lowest BCUT2D eigenvalue weighted by molar-refractivity contribution is 0.224. The highest BCUT2D eigenvalue weighted by Gasteiger charge is 2.18. The Morgan fingerprint density at radius 1 is 1.47 bits per heavy atom. The van der Waals surface area contributed by atoms with Gasteiger partial charge in [0.05, 0.1) is 6.61 Å². The quantitative estimate of drug-likeness (QED) is 0.779. The molecule has 0 bridgehead atoms. The lowest BCUT2D eigenvalue weighted by atomic mass is 10.1. The average molecular weight is 233 g/mol. The first-order chi connectivity index (χ1) is 6.94. The predicted molar refractivity (Wildman–Crippen MR) is 56.8 cm³/mol. The van der Waals surface area contributed by atoms with Gasteiger partial charge in [0.25, 0.3) is 0 Å². The molecule has 0 fully saturated rings. The van der Waals surface area contributed by atoms with Crippen LogP contribution in [0.25, 0.3) is 0 Å². The van der Waals surface area contributed by atoms with Gasteiger partial charge in [-0.25, -0.2) is 8.78 Å². The number of thioether (sulfide) groups is 1. The molecule has 15 heavy (non-hydrogen) atoms. The fourth-order valence-electron chi connectivity index (χ4n) is 0.881. The molecule has 0 aliphatic carbocycles. The molecule has 0 saturated heterocycles. The minimum atomic E-state index is -0.758. The van der Waals surface area contributed by atoms with E-state index in [1.807, 2.05) is 0 Å². The molecule has 0 spiro atoms. The van der Waals surface area contributed by atoms with E-state index in [4.69, 9.17) is 10.8 Å². The van der Waals surface area contributed by atoms with Crippen LogP contribution >= 0.6 is 11.8 Å². The zero-order valence-electron chi connectivity index (χ0n) is 8.34. The molecule has 3 N–H and O–H groups in total. The minimum Gasteiger partial charge on any atom is -0.394 e. The smallest absolute Gasteiger partial charge is 0.139 e. The number of hydrogen-bond acceptors (Lipinski definition) is 3. The molecule has 0 radical (unpaired) electrons. The second kappa shape index (κ2) is 4.92. The molecule has 0 aliphatic rings. The summed E-state index contributed by atoms with van der Waals surface area (Å²) in [6.45, 7) is 1.49. The summed E-state index contributed by atoms with van der Waals surface area (Å²) >= 11 is 1.16. The van der Waals surface area contributed by atoms with Crippen molar-refractivity contribution in [3.63, 3.8) is 0 Å². The van der Waals surface area contributed by atoms with Crippen molar-refractivity contribution < 1.29 is 13.9 Å². The van der Waals surface area contributed by atoms with E-state index < -0.39 is 17.2 Å². The maximum atomic E-state index is 13.2. The van der Waals surface area contributed by atoms with Gasteiger partial charge < -0.3 is 10.8 Å². The van der Waals surface area contributed by atoms with E-state index in [9.17, 15) is 8.78 Å². The van der Waals surface area contributed by atoms with E-state index >= 15 is 0 Å². The molecule has 1 aromatic carbocycles. The van der Waals surface area contributed by atoms with Crippen LogP contribution in [0.2, 0.25) is 0 Å². The van der Waals surface area contributed by atoms with Gasteiger partial charge in [0.1, 0.15) is 11.6 Å². The molecule has 2 nitrogen and oxygen atoms in total. The van der Waals surface area contributed by atoms with Crippen LogP contribution in [0, 0.1) is 11.6 Å². The lowest BCUT2D eigenvalue weighted by Gasteiger charge is -2.20. The molecule has 1 atom stereocenters. The summed E-state index contributed by atoms with van der Waals surface area (Å²) in [7, 11) is 0. The summed E-state index contributed by atoms with van der Waals surface area (Å²) in [5, 5.41) is 8.89. The fraction of sp³-hybridized carbons (Fsp3) is 0.400. The van der Waals surface area contributed by atoms with Crippen molar-refractivity contribution in [2.24, 2.45) is 5.73 Å². The van der Waals surface area contributed by atoms with Gasteiger partial charge in [-0.3, -0.25) is 0 Å². The summed E-state index contributed by atoms with van der Waals surface area (Å²) < 4.78 is 25.7. The van der Waals surface area contributed by atoms with Crippen molar-refractivity contribution in [2.75, 3.05) is 12.4 Å². The Morgan fingerprint density at radius 2 is 2.13 bits per heavy atom. The maximum Gasteiger partial charge on any atom is 0.139 e. The van der Waals surface area contributed by atoms with Gasteiger partial charge in [0.15, 0.2) is 0 Å². The number of hydrogen-bond donors (Lipinski definition) is 2. The number of aliphatic hydroxyl groups excluding tert-OH is 1. The second-order valence-corrected chi connectivity index (χ2v) is 4.69. The molecule has 0 saturated carbocycles. The molecule has 1 unspecified atom stereocenters. The highest BCUT2D eigenvalue weighted by atomic mass is 32.2. The number of rotatable bonds is 4. The Hall–Kier alpha value is -0.650. The molecule has 0 heterocycles. The van der Waals surface area contributed by atoms with E-state index in [1.54, 1.807) is 6.92 Å². The van der Waals surface area contributed by atoms with Crippen LogP contribution < -0.4 is 5.73 Å². The zero-order chi connectivity index (χ0) is 11.5. The first kappa shape index (κ1) is 12.4. The fourth-order valence-corrected chi connectivity index (χ4v) is 1.82. The SMILES string of the molecule is CC(N)(CO)CSc1ccc(F)cc1F. The van der Waals surface area contributed by atoms with Crippen LogP contribution in [0.1, 0.15) is 6.92 Å². The molecule has 0 aliphatic heterocycles. The zero-order valence-corrected chi connectivity index (χ0v) is 9.15. The largest absolute Gasteiger partial charge is 0.394 e. The predicted octanol–water partition coefficient (Wildman–Crippen LogP) is 1.77. The number of nitrogens with two attached hydrogens (primary N) is 1. The number of aliphatic hydroxyl groups is 1. The number of halogens is 2. The van der Waals surface area contributed by atoms with E-state index in [1.165, 1.54) is 12.1 Å². The minimum absolute atomic E-state index is 0.178. The van der Waals surface area contributed by atoms with E-state index in [-0.39, 0.29) is 6.61 Å². The van der Waals surface area contributed by atoms with Crippen molar-refractivity contribution >= 4 is 11.8 Å². The lowest BCUT2D eigenvalue weighted by Crippen LogP contribution is -2.42. The van der Waals surface area contributed by atoms with Crippen LogP contribution in [0.15, 0.2) is 23.1 Å². The van der Waals surface area contributed by atoms with E-state index in [0.29, 0.717) is 10.6 Å². The molecular weight excluding hydrogens is 220 g/mol. The first-order valence-electron chi connectivity index (χ1n) is 4.42. The summed E-state index contributed by atoms with van der Waals surface area (Å²) in [4.78, 5) is 0.335. The van der Waals surface area contributed by atoms with Crippen LogP contribution in [-0.4, -0.2) is 23.0 Å². The third-order valence-electron chi connectivity index (χ3n) is 1.81. The maximum absolute atomic E-state index is 13.2. The van der Waals surface area contributed by atoms with Crippen LogP contribution in [0.4, 0.5) is 8.78 Å². The Kier molecular flexibility index (Phi) is 4.07. The van der Waals surface area contributed by atoms with Gasteiger partial charge in [-0.2, -0.15) is 0 Å². The van der Waals surface area contributed by atoms with Gasteiger partial charge in [0.2, 0.25) is 0 Å². The highest BCUT2D eigenvalue weighted by Crippen LogP contribution is 2.24. The van der Waals surface area contributed by atoms with E-state index in [2.05, 4.69) is 0 Å². The molecule has 1 aromatic rings. The Labute approximate surface area is 91.5 Å². The highest BCUT2D eigenvalue weighted by molar-refractivity contribution is 7.99. The van der Waals surface area contributed by atoms with Crippen LogP contribution in [0.5, 0.6) is 0 Å². The van der Waals surface area contributed by atoms with Crippen molar-refractivity contribution in [1.29, 1.82) is 0 Å². The van der Waals surface area contributed by atoms with Gasteiger partial charge >= 0.3 is 0 Å². The van der Waals surface area contributed by atoms with Crippen molar-refractivity contribution in [1.82, 2.24) is 0 Å². The van der Waals surface area contributed by atoms with Crippen LogP contribution in [0.3, 0.4) is 0 Å². The third-order valence-corrected chi connectivity index (χ3v) is 3.26. The Bertz CT molecular complexity index is 344. The molecule has 0 aromatic heterocycles. The Balaban J connectivity index is 2.66. The van der Waals surface area contributed by atoms with Gasteiger partial charge in [-0.05, 0) is 19.1 Å². The standard InChI is InChI=1S/C10H13F2NOS/c1-10(13,5-14)6-15-9-3-2-7(11)4-8(9)12/h2-4,14H,5-6,13H2,1H3. The summed E-state index contributed by atoms with van der Waals surface area (Å²) in [5.74, 6) is -0.838. The Morgan fingerprint density at radius 3 is 2.67 bits per heavy atom. The summed E-state index contributed by atoms with van der Waals surface area (Å²) in [6, 6.07) is 3.39. The molecule has 1 rings (SSSR count). The molecular formula is C10H13F2NOS. The van der Waals surface area contributed by atoms with Crippen molar-refractivity contribution in [3.8, 4) is 0 Å². The van der Waals surface area contributed by atoms with Gasteiger partial charge in [-0.15, -0.1) is 11.8 Å². The molecule has 84 valence electrons. The average Bonchev–Trinajstić information content (AvgIpc) is 2.16. The van der Waals surface area contributed by atoms with Crippen LogP contribution in [-0.2, 0) is 0 Å². The van der Waals surface area contributed by atoms with Gasteiger partial charge in [0, 0.05) is 22.3 Å². The first-order valence-corrected chi connectivity index (χ1v) is 5.41. The third kappa shape index (κ3) is 3.77. The summed E-state index contributed by atoms with van der Waals surface area (Å²) in [5.41, 5.74) is 4.92. The normalized spacial score (nSPS) is 15.0. The monoisotopic (exact) mass is 233 g/mol. The molecule has 0 amide bonds. The topological polar surface area (TPSA) is 46.2 Å². The summed E-state index contributed by atoms with van der Waals surface area (Å²) in [6.07, 6.45) is 0. The second-order valence-electron chi connectivity index (χ2n) is 3.68. The number of benzene rings is 1. The van der Waals surface area contributed by atoms with E-state index in [0.717, 1.165) is 17.8 Å².